The Hall–Kier alpha value is -3.21. The summed E-state index contributed by atoms with van der Waals surface area (Å²) < 4.78 is 88.2. The van der Waals surface area contributed by atoms with Crippen LogP contribution in [0.4, 0.5) is 24.5 Å². The molecule has 0 unspecified atom stereocenters. The molecule has 8 nitrogen and oxygen atoms in total. The zero-order valence-electron chi connectivity index (χ0n) is 20.5. The predicted octanol–water partition coefficient (Wildman–Crippen LogP) is 4.24. The average Bonchev–Trinajstić information content (AvgIpc) is 3.15. The fourth-order valence-electron chi connectivity index (χ4n) is 4.28. The van der Waals surface area contributed by atoms with Gasteiger partial charge < -0.3 is 15.2 Å². The van der Waals surface area contributed by atoms with E-state index in [-0.39, 0.29) is 44.4 Å². The molecule has 3 aromatic rings. The van der Waals surface area contributed by atoms with Gasteiger partial charge in [0.1, 0.15) is 16.4 Å². The highest BCUT2D eigenvalue weighted by Gasteiger charge is 2.30. The van der Waals surface area contributed by atoms with Gasteiger partial charge in [0.25, 0.3) is 0 Å². The minimum absolute atomic E-state index is 0.0315. The van der Waals surface area contributed by atoms with Gasteiger partial charge in [0, 0.05) is 35.0 Å². The standard InChI is InChI=1S/C25H23ClF3N3O5S2/c1-38(34,35)23-7-5-17(13-20(23)26)31-24(33)8-6-18-14-19-21(30-16-9-11-39(36,37)12-10-16)3-2-4-22(19)32(18)15-25(27,28)29/h2-5,7,13-14,16,30H,9-12,15H2,1H3,(H,31,33). The minimum Gasteiger partial charge on any atom is -0.382 e. The lowest BCUT2D eigenvalue weighted by atomic mass is 10.1. The van der Waals surface area contributed by atoms with Crippen LogP contribution in [-0.2, 0) is 31.0 Å². The molecule has 1 aliphatic rings. The lowest BCUT2D eigenvalue weighted by Crippen LogP contribution is -2.32. The SMILES string of the molecule is CS(=O)(=O)c1ccc(NC(=O)C#Cc2cc3c(NC4CCS(=O)(=O)CC4)cccc3n2CC(F)(F)F)cc1Cl. The van der Waals surface area contributed by atoms with Crippen molar-refractivity contribution >= 4 is 59.5 Å². The van der Waals surface area contributed by atoms with E-state index in [1.54, 1.807) is 12.1 Å². The Morgan fingerprint density at radius 3 is 2.46 bits per heavy atom. The van der Waals surface area contributed by atoms with Crippen LogP contribution in [0.5, 0.6) is 0 Å². The van der Waals surface area contributed by atoms with E-state index in [1.165, 1.54) is 30.3 Å². The highest BCUT2D eigenvalue weighted by atomic mass is 35.5. The zero-order chi connectivity index (χ0) is 28.6. The fraction of sp³-hybridized carbons (Fsp3) is 0.320. The number of nitrogens with zero attached hydrogens (tertiary/aromatic N) is 1. The molecule has 2 heterocycles. The molecule has 0 radical (unpaired) electrons. The van der Waals surface area contributed by atoms with E-state index in [1.807, 2.05) is 0 Å². The second kappa shape index (κ2) is 10.7. The molecule has 1 fully saturated rings. The van der Waals surface area contributed by atoms with Crippen LogP contribution in [0.1, 0.15) is 18.5 Å². The van der Waals surface area contributed by atoms with Gasteiger partial charge in [-0.3, -0.25) is 4.79 Å². The molecule has 39 heavy (non-hydrogen) atoms. The number of benzene rings is 2. The summed E-state index contributed by atoms with van der Waals surface area (Å²) >= 11 is 5.98. The summed E-state index contributed by atoms with van der Waals surface area (Å²) in [4.78, 5) is 12.3. The number of aromatic nitrogens is 1. The Morgan fingerprint density at radius 2 is 1.85 bits per heavy atom. The fourth-order valence-corrected chi connectivity index (χ4v) is 7.10. The zero-order valence-corrected chi connectivity index (χ0v) is 22.9. The van der Waals surface area contributed by atoms with Crippen LogP contribution in [0, 0.1) is 11.8 Å². The van der Waals surface area contributed by atoms with Gasteiger partial charge in [-0.25, -0.2) is 16.8 Å². The van der Waals surface area contributed by atoms with Crippen molar-refractivity contribution in [2.75, 3.05) is 28.4 Å². The number of rotatable bonds is 5. The summed E-state index contributed by atoms with van der Waals surface area (Å²) in [6, 6.07) is 9.84. The van der Waals surface area contributed by atoms with Gasteiger partial charge >= 0.3 is 12.1 Å². The predicted molar refractivity (Wildman–Crippen MR) is 143 cm³/mol. The molecule has 0 bridgehead atoms. The number of nitrogens with one attached hydrogen (secondary N) is 2. The van der Waals surface area contributed by atoms with E-state index in [0.29, 0.717) is 23.9 Å². The van der Waals surface area contributed by atoms with Crippen LogP contribution < -0.4 is 10.6 Å². The van der Waals surface area contributed by atoms with E-state index in [2.05, 4.69) is 22.5 Å². The molecule has 1 aromatic heterocycles. The summed E-state index contributed by atoms with van der Waals surface area (Å²) in [5.41, 5.74) is 0.881. The van der Waals surface area contributed by atoms with Crippen LogP contribution in [0.3, 0.4) is 0 Å². The molecule has 0 atom stereocenters. The number of halogens is 4. The maximum atomic E-state index is 13.4. The molecule has 1 aliphatic heterocycles. The topological polar surface area (TPSA) is 114 Å². The number of hydrogen-bond donors (Lipinski definition) is 2. The van der Waals surface area contributed by atoms with Crippen molar-refractivity contribution in [1.29, 1.82) is 0 Å². The number of carbonyl (C=O) groups is 1. The van der Waals surface area contributed by atoms with E-state index in [4.69, 9.17) is 11.6 Å². The summed E-state index contributed by atoms with van der Waals surface area (Å²) in [5.74, 6) is 3.99. The van der Waals surface area contributed by atoms with Gasteiger partial charge in [-0.15, -0.1) is 0 Å². The summed E-state index contributed by atoms with van der Waals surface area (Å²) in [7, 11) is -6.66. The smallest absolute Gasteiger partial charge is 0.382 e. The lowest BCUT2D eigenvalue weighted by molar-refractivity contribution is -0.140. The average molecular weight is 602 g/mol. The second-order valence-corrected chi connectivity index (χ2v) is 13.9. The molecule has 0 spiro atoms. The third-order valence-electron chi connectivity index (χ3n) is 6.09. The normalized spacial score (nSPS) is 15.9. The monoisotopic (exact) mass is 601 g/mol. The quantitative estimate of drug-likeness (QED) is 0.423. The van der Waals surface area contributed by atoms with Crippen LogP contribution in [-0.4, -0.2) is 57.3 Å². The molecule has 0 saturated carbocycles. The summed E-state index contributed by atoms with van der Waals surface area (Å²) in [6.07, 6.45) is -2.82. The largest absolute Gasteiger partial charge is 0.406 e. The highest BCUT2D eigenvalue weighted by molar-refractivity contribution is 7.91. The van der Waals surface area contributed by atoms with Crippen molar-refractivity contribution in [3.05, 3.63) is 53.2 Å². The second-order valence-electron chi connectivity index (χ2n) is 9.16. The third-order valence-corrected chi connectivity index (χ3v) is 9.39. The Bertz CT molecular complexity index is 1710. The molecule has 208 valence electrons. The number of hydrogen-bond acceptors (Lipinski definition) is 6. The first-order valence-electron chi connectivity index (χ1n) is 11.6. The van der Waals surface area contributed by atoms with Gasteiger partial charge in [-0.05, 0) is 55.2 Å². The Morgan fingerprint density at radius 1 is 1.15 bits per heavy atom. The van der Waals surface area contributed by atoms with Gasteiger partial charge in [0.05, 0.1) is 32.6 Å². The molecular formula is C25H23ClF3N3O5S2. The Kier molecular flexibility index (Phi) is 7.93. The number of alkyl halides is 3. The first-order valence-corrected chi connectivity index (χ1v) is 15.7. The lowest BCUT2D eigenvalue weighted by Gasteiger charge is -2.24. The van der Waals surface area contributed by atoms with Crippen LogP contribution in [0.2, 0.25) is 5.02 Å². The van der Waals surface area contributed by atoms with Gasteiger partial charge in [0.15, 0.2) is 9.84 Å². The number of amides is 1. The van der Waals surface area contributed by atoms with Crippen molar-refractivity contribution in [2.45, 2.75) is 36.5 Å². The van der Waals surface area contributed by atoms with Crippen molar-refractivity contribution in [1.82, 2.24) is 4.57 Å². The van der Waals surface area contributed by atoms with E-state index < -0.39 is 38.3 Å². The molecule has 2 N–H and O–H groups in total. The Balaban J connectivity index is 1.63. The van der Waals surface area contributed by atoms with Crippen molar-refractivity contribution < 1.29 is 34.8 Å². The maximum Gasteiger partial charge on any atom is 0.406 e. The van der Waals surface area contributed by atoms with Gasteiger partial charge in [-0.1, -0.05) is 17.7 Å². The summed E-state index contributed by atoms with van der Waals surface area (Å²) in [5, 5.41) is 6.00. The number of anilines is 2. The molecule has 4 rings (SSSR count). The third kappa shape index (κ3) is 7.26. The molecule has 2 aromatic carbocycles. The van der Waals surface area contributed by atoms with Crippen molar-refractivity contribution in [3.8, 4) is 11.8 Å². The maximum absolute atomic E-state index is 13.4. The van der Waals surface area contributed by atoms with E-state index >= 15 is 0 Å². The molecule has 0 aliphatic carbocycles. The van der Waals surface area contributed by atoms with Crippen LogP contribution in [0.25, 0.3) is 10.9 Å². The molecule has 1 saturated heterocycles. The minimum atomic E-state index is -4.57. The number of carbonyl (C=O) groups excluding carboxylic acids is 1. The van der Waals surface area contributed by atoms with E-state index in [9.17, 15) is 34.8 Å². The first-order chi connectivity index (χ1) is 18.1. The summed E-state index contributed by atoms with van der Waals surface area (Å²) in [6.45, 7) is -1.34. The number of fused-ring (bicyclic) bond motifs is 1. The number of sulfone groups is 2. The first kappa shape index (κ1) is 28.8. The van der Waals surface area contributed by atoms with Gasteiger partial charge in [-0.2, -0.15) is 13.2 Å². The van der Waals surface area contributed by atoms with Crippen LogP contribution in [0.15, 0.2) is 47.4 Å². The molecule has 1 amide bonds. The van der Waals surface area contributed by atoms with Crippen molar-refractivity contribution in [2.24, 2.45) is 0 Å². The van der Waals surface area contributed by atoms with Gasteiger partial charge in [0.2, 0.25) is 0 Å². The molecular weight excluding hydrogens is 579 g/mol. The Labute approximate surface area is 228 Å². The van der Waals surface area contributed by atoms with Crippen molar-refractivity contribution in [3.63, 3.8) is 0 Å². The highest BCUT2D eigenvalue weighted by Crippen LogP contribution is 2.31. The molecule has 14 heteroatoms. The van der Waals surface area contributed by atoms with Crippen LogP contribution >= 0.6 is 11.6 Å². The van der Waals surface area contributed by atoms with E-state index in [0.717, 1.165) is 10.8 Å².